The summed E-state index contributed by atoms with van der Waals surface area (Å²) in [6.45, 7) is 3.32. The smallest absolute Gasteiger partial charge is 0.325 e. The molecule has 0 atom stereocenters. The predicted octanol–water partition coefficient (Wildman–Crippen LogP) is 2.78. The van der Waals surface area contributed by atoms with E-state index < -0.39 is 24.5 Å². The molecule has 0 spiro atoms. The third kappa shape index (κ3) is 5.22. The van der Waals surface area contributed by atoms with Gasteiger partial charge in [0.05, 0.1) is 5.56 Å². The monoisotopic (exact) mass is 375 g/mol. The Morgan fingerprint density at radius 1 is 1.12 bits per heavy atom. The maximum atomic E-state index is 11.9. The Kier molecular flexibility index (Phi) is 6.19. The Labute approximate surface area is 155 Å². The molecule has 4 N–H and O–H groups in total. The average Bonchev–Trinajstić information content (AvgIpc) is 2.56. The molecule has 0 aliphatic heterocycles. The fraction of sp³-hybridized carbons (Fsp3) is 0.167. The van der Waals surface area contributed by atoms with Crippen LogP contribution in [0.1, 0.15) is 21.5 Å². The third-order valence-corrected chi connectivity index (χ3v) is 3.68. The molecule has 0 aromatic heterocycles. The summed E-state index contributed by atoms with van der Waals surface area (Å²) in [6.07, 6.45) is 0. The molecule has 0 aliphatic carbocycles. The number of aryl methyl sites for hydroxylation is 2. The Bertz CT molecular complexity index is 868. The van der Waals surface area contributed by atoms with Crippen molar-refractivity contribution in [3.63, 3.8) is 0 Å². The van der Waals surface area contributed by atoms with Crippen LogP contribution in [0.3, 0.4) is 0 Å². The maximum absolute atomic E-state index is 11.9. The van der Waals surface area contributed by atoms with Crippen molar-refractivity contribution in [2.45, 2.75) is 13.8 Å². The van der Waals surface area contributed by atoms with Crippen molar-refractivity contribution >= 4 is 35.1 Å². The van der Waals surface area contributed by atoms with Crippen LogP contribution in [0.4, 0.5) is 10.5 Å². The predicted molar refractivity (Wildman–Crippen MR) is 98.5 cm³/mol. The molecular weight excluding hydrogens is 358 g/mol. The van der Waals surface area contributed by atoms with Crippen LogP contribution in [-0.2, 0) is 4.79 Å². The number of rotatable bonds is 5. The Balaban J connectivity index is 1.93. The summed E-state index contributed by atoms with van der Waals surface area (Å²) in [7, 11) is 0. The first-order valence-electron chi connectivity index (χ1n) is 7.66. The van der Waals surface area contributed by atoms with E-state index in [1.807, 2.05) is 26.0 Å². The van der Waals surface area contributed by atoms with Gasteiger partial charge < -0.3 is 15.8 Å². The molecule has 0 heterocycles. The zero-order valence-corrected chi connectivity index (χ0v) is 15.0. The number of carbonyl (C=O) groups is 3. The van der Waals surface area contributed by atoms with Crippen molar-refractivity contribution in [1.82, 2.24) is 5.32 Å². The zero-order chi connectivity index (χ0) is 19.3. The topological polar surface area (TPSA) is 111 Å². The molecule has 7 nitrogen and oxygen atoms in total. The lowest BCUT2D eigenvalue weighted by atomic mass is 10.1. The highest BCUT2D eigenvalue weighted by molar-refractivity contribution is 6.31. The molecule has 0 saturated carbocycles. The van der Waals surface area contributed by atoms with Crippen LogP contribution in [0.15, 0.2) is 36.4 Å². The molecule has 0 saturated heterocycles. The Morgan fingerprint density at radius 3 is 2.50 bits per heavy atom. The van der Waals surface area contributed by atoms with Crippen LogP contribution < -0.4 is 21.1 Å². The number of nitrogens with one attached hydrogen (secondary N) is 2. The Hall–Kier alpha value is -3.06. The van der Waals surface area contributed by atoms with E-state index in [-0.39, 0.29) is 11.3 Å². The largest absolute Gasteiger partial charge is 0.483 e. The van der Waals surface area contributed by atoms with Gasteiger partial charge in [-0.05, 0) is 43.7 Å². The fourth-order valence-electron chi connectivity index (χ4n) is 2.23. The lowest BCUT2D eigenvalue weighted by Gasteiger charge is -2.11. The summed E-state index contributed by atoms with van der Waals surface area (Å²) < 4.78 is 5.25. The van der Waals surface area contributed by atoms with Gasteiger partial charge in [0.15, 0.2) is 6.61 Å². The van der Waals surface area contributed by atoms with Gasteiger partial charge in [0.2, 0.25) is 0 Å². The SMILES string of the molecule is Cc1ccc(NC(=O)NC(=O)COc2ccc(Cl)cc2C(N)=O)c(C)c1. The van der Waals surface area contributed by atoms with Crippen molar-refractivity contribution in [1.29, 1.82) is 0 Å². The molecule has 136 valence electrons. The van der Waals surface area contributed by atoms with E-state index in [9.17, 15) is 14.4 Å². The quantitative estimate of drug-likeness (QED) is 0.746. The third-order valence-electron chi connectivity index (χ3n) is 3.45. The molecule has 26 heavy (non-hydrogen) atoms. The van der Waals surface area contributed by atoms with Gasteiger partial charge in [-0.25, -0.2) is 4.79 Å². The van der Waals surface area contributed by atoms with Crippen molar-refractivity contribution in [3.8, 4) is 5.75 Å². The molecule has 2 rings (SSSR count). The van der Waals surface area contributed by atoms with Crippen molar-refractivity contribution in [2.75, 3.05) is 11.9 Å². The molecule has 0 unspecified atom stereocenters. The number of primary amides is 1. The van der Waals surface area contributed by atoms with Crippen molar-refractivity contribution < 1.29 is 19.1 Å². The van der Waals surface area contributed by atoms with Crippen LogP contribution in [0.25, 0.3) is 0 Å². The number of urea groups is 1. The lowest BCUT2D eigenvalue weighted by molar-refractivity contribution is -0.121. The molecule has 0 radical (unpaired) electrons. The van der Waals surface area contributed by atoms with E-state index in [1.165, 1.54) is 18.2 Å². The summed E-state index contributed by atoms with van der Waals surface area (Å²) >= 11 is 5.80. The van der Waals surface area contributed by atoms with Crippen LogP contribution in [-0.4, -0.2) is 24.5 Å². The summed E-state index contributed by atoms with van der Waals surface area (Å²) in [5.41, 5.74) is 7.81. The summed E-state index contributed by atoms with van der Waals surface area (Å²) in [5.74, 6) is -1.32. The minimum absolute atomic E-state index is 0.0463. The van der Waals surface area contributed by atoms with E-state index >= 15 is 0 Å². The van der Waals surface area contributed by atoms with Gasteiger partial charge in [0.1, 0.15) is 5.75 Å². The second-order valence-corrected chi connectivity index (χ2v) is 6.05. The minimum Gasteiger partial charge on any atom is -0.483 e. The summed E-state index contributed by atoms with van der Waals surface area (Å²) in [4.78, 5) is 35.1. The first-order valence-corrected chi connectivity index (χ1v) is 8.04. The Morgan fingerprint density at radius 2 is 1.85 bits per heavy atom. The van der Waals surface area contributed by atoms with Gasteiger partial charge in [0.25, 0.3) is 11.8 Å². The number of imide groups is 1. The molecule has 4 amide bonds. The van der Waals surface area contributed by atoms with Crippen LogP contribution in [0.2, 0.25) is 5.02 Å². The van der Waals surface area contributed by atoms with Gasteiger partial charge in [0, 0.05) is 10.7 Å². The molecule has 0 bridgehead atoms. The van der Waals surface area contributed by atoms with Gasteiger partial charge in [-0.2, -0.15) is 0 Å². The second kappa shape index (κ2) is 8.35. The number of carbonyl (C=O) groups excluding carboxylic acids is 3. The number of benzene rings is 2. The summed E-state index contributed by atoms with van der Waals surface area (Å²) in [5, 5.41) is 5.04. The number of halogens is 1. The highest BCUT2D eigenvalue weighted by atomic mass is 35.5. The molecule has 2 aromatic rings. The van der Waals surface area contributed by atoms with Gasteiger partial charge in [-0.15, -0.1) is 0 Å². The lowest BCUT2D eigenvalue weighted by Crippen LogP contribution is -2.37. The highest BCUT2D eigenvalue weighted by Gasteiger charge is 2.14. The van der Waals surface area contributed by atoms with Gasteiger partial charge in [-0.1, -0.05) is 29.3 Å². The van der Waals surface area contributed by atoms with E-state index in [0.717, 1.165) is 11.1 Å². The normalized spacial score (nSPS) is 10.1. The van der Waals surface area contributed by atoms with E-state index in [1.54, 1.807) is 6.07 Å². The molecule has 2 aromatic carbocycles. The number of ether oxygens (including phenoxy) is 1. The minimum atomic E-state index is -0.740. The fourth-order valence-corrected chi connectivity index (χ4v) is 2.41. The van der Waals surface area contributed by atoms with Gasteiger partial charge >= 0.3 is 6.03 Å². The molecule has 8 heteroatoms. The van der Waals surface area contributed by atoms with E-state index in [0.29, 0.717) is 10.7 Å². The summed E-state index contributed by atoms with van der Waals surface area (Å²) in [6, 6.07) is 9.07. The highest BCUT2D eigenvalue weighted by Crippen LogP contribution is 2.22. The van der Waals surface area contributed by atoms with Crippen molar-refractivity contribution in [3.05, 3.63) is 58.1 Å². The van der Waals surface area contributed by atoms with Crippen LogP contribution in [0, 0.1) is 13.8 Å². The number of hydrogen-bond donors (Lipinski definition) is 3. The van der Waals surface area contributed by atoms with Crippen molar-refractivity contribution in [2.24, 2.45) is 5.73 Å². The first-order chi connectivity index (χ1) is 12.3. The first kappa shape index (κ1) is 19.3. The zero-order valence-electron chi connectivity index (χ0n) is 14.3. The standard InChI is InChI=1S/C18H18ClN3O4/c1-10-3-5-14(11(2)7-10)21-18(25)22-16(23)9-26-15-6-4-12(19)8-13(15)17(20)24/h3-8H,9H2,1-2H3,(H2,20,24)(H2,21,22,23,25). The second-order valence-electron chi connectivity index (χ2n) is 5.61. The van der Waals surface area contributed by atoms with E-state index in [2.05, 4.69) is 10.6 Å². The number of anilines is 1. The van der Waals surface area contributed by atoms with Gasteiger partial charge in [-0.3, -0.25) is 14.9 Å². The van der Waals surface area contributed by atoms with E-state index in [4.69, 9.17) is 22.1 Å². The van der Waals surface area contributed by atoms with Crippen LogP contribution in [0.5, 0.6) is 5.75 Å². The average molecular weight is 376 g/mol. The number of nitrogens with two attached hydrogens (primary N) is 1. The van der Waals surface area contributed by atoms with Crippen LogP contribution >= 0.6 is 11.6 Å². The number of hydrogen-bond acceptors (Lipinski definition) is 4. The maximum Gasteiger partial charge on any atom is 0.325 e. The number of amides is 4. The molecule has 0 aliphatic rings. The molecule has 0 fully saturated rings. The molecular formula is C18H18ClN3O4.